The van der Waals surface area contributed by atoms with Gasteiger partial charge in [0.15, 0.2) is 0 Å². The molecule has 0 aromatic heterocycles. The number of hydrogen-bond acceptors (Lipinski definition) is 0. The van der Waals surface area contributed by atoms with Crippen molar-refractivity contribution in [2.24, 2.45) is 0 Å². The highest BCUT2D eigenvalue weighted by Crippen LogP contribution is 2.27. The van der Waals surface area contributed by atoms with Gasteiger partial charge in [-0.05, 0) is 48.6 Å². The Kier molecular flexibility index (Phi) is 4.03. The minimum Gasteiger partial charge on any atom is -0.207 e. The van der Waals surface area contributed by atoms with Crippen molar-refractivity contribution < 1.29 is 4.39 Å². The molecule has 18 heavy (non-hydrogen) atoms. The molecular weight excluding hydrogens is 247 g/mol. The lowest BCUT2D eigenvalue weighted by Crippen LogP contribution is -1.99. The van der Waals surface area contributed by atoms with Crippen molar-refractivity contribution in [1.82, 2.24) is 0 Å². The van der Waals surface area contributed by atoms with Gasteiger partial charge in [0.1, 0.15) is 5.82 Å². The van der Waals surface area contributed by atoms with Gasteiger partial charge < -0.3 is 0 Å². The largest absolute Gasteiger partial charge is 0.207 e. The van der Waals surface area contributed by atoms with Gasteiger partial charge in [0.25, 0.3) is 0 Å². The Morgan fingerprint density at radius 1 is 1.06 bits per heavy atom. The smallest absolute Gasteiger partial charge is 0.126 e. The van der Waals surface area contributed by atoms with Crippen LogP contribution in [-0.2, 0) is 6.42 Å². The average molecular weight is 263 g/mol. The third-order valence-electron chi connectivity index (χ3n) is 3.20. The Morgan fingerprint density at radius 3 is 2.44 bits per heavy atom. The molecule has 0 fully saturated rings. The summed E-state index contributed by atoms with van der Waals surface area (Å²) in [7, 11) is 0. The van der Waals surface area contributed by atoms with Crippen molar-refractivity contribution in [1.29, 1.82) is 0 Å². The zero-order chi connectivity index (χ0) is 13.1. The molecule has 0 saturated heterocycles. The molecule has 2 rings (SSSR count). The molecule has 0 N–H and O–H groups in total. The Labute approximate surface area is 112 Å². The van der Waals surface area contributed by atoms with E-state index < -0.39 is 0 Å². The first-order valence-corrected chi connectivity index (χ1v) is 6.46. The van der Waals surface area contributed by atoms with Gasteiger partial charge >= 0.3 is 0 Å². The predicted molar refractivity (Wildman–Crippen MR) is 74.6 cm³/mol. The fourth-order valence-electron chi connectivity index (χ4n) is 2.01. The molecule has 2 aromatic carbocycles. The van der Waals surface area contributed by atoms with Gasteiger partial charge in [0, 0.05) is 0 Å². The lowest BCUT2D eigenvalue weighted by Gasteiger charge is -2.12. The van der Waals surface area contributed by atoms with Gasteiger partial charge in [-0.3, -0.25) is 0 Å². The predicted octanol–water partition coefficient (Wildman–Crippen LogP) is 4.97. The topological polar surface area (TPSA) is 0 Å². The van der Waals surface area contributed by atoms with Crippen LogP contribution in [0.25, 0.3) is 0 Å². The molecule has 0 bridgehead atoms. The molecule has 0 heterocycles. The van der Waals surface area contributed by atoms with Gasteiger partial charge in [-0.2, -0.15) is 0 Å². The fraction of sp³-hybridized carbons (Fsp3) is 0.250. The van der Waals surface area contributed by atoms with Crippen LogP contribution in [0.5, 0.6) is 0 Å². The molecule has 1 unspecified atom stereocenters. The summed E-state index contributed by atoms with van der Waals surface area (Å²) in [5, 5.41) is -0.120. The Hall–Kier alpha value is -1.34. The standard InChI is InChI=1S/C16H16ClF/c1-11-5-3-4-6-13(11)10-15(17)14-7-8-16(18)12(2)9-14/h3-9,15H,10H2,1-2H3. The van der Waals surface area contributed by atoms with Gasteiger partial charge in [-0.25, -0.2) is 4.39 Å². The molecule has 0 aliphatic rings. The van der Waals surface area contributed by atoms with E-state index in [1.807, 2.05) is 18.2 Å². The monoisotopic (exact) mass is 262 g/mol. The number of halogens is 2. The van der Waals surface area contributed by atoms with Crippen molar-refractivity contribution in [3.8, 4) is 0 Å². The molecule has 0 spiro atoms. The molecule has 2 heteroatoms. The maximum absolute atomic E-state index is 13.2. The highest BCUT2D eigenvalue weighted by molar-refractivity contribution is 6.20. The molecule has 94 valence electrons. The molecule has 0 saturated carbocycles. The van der Waals surface area contributed by atoms with E-state index in [1.54, 1.807) is 13.0 Å². The van der Waals surface area contributed by atoms with Crippen molar-refractivity contribution in [2.75, 3.05) is 0 Å². The van der Waals surface area contributed by atoms with Crippen LogP contribution >= 0.6 is 11.6 Å². The third kappa shape index (κ3) is 2.91. The molecule has 1 atom stereocenters. The molecule has 0 radical (unpaired) electrons. The maximum atomic E-state index is 13.2. The van der Waals surface area contributed by atoms with Crippen LogP contribution in [0.2, 0.25) is 0 Å². The van der Waals surface area contributed by atoms with Crippen LogP contribution in [0.15, 0.2) is 42.5 Å². The normalized spacial score (nSPS) is 12.4. The number of rotatable bonds is 3. The Morgan fingerprint density at radius 2 is 1.78 bits per heavy atom. The first kappa shape index (κ1) is 13.1. The first-order chi connectivity index (χ1) is 8.58. The number of alkyl halides is 1. The second-order valence-electron chi connectivity index (χ2n) is 4.61. The van der Waals surface area contributed by atoms with Crippen molar-refractivity contribution in [2.45, 2.75) is 25.6 Å². The molecule has 2 aromatic rings. The van der Waals surface area contributed by atoms with Crippen LogP contribution in [0.4, 0.5) is 4.39 Å². The SMILES string of the molecule is Cc1cc(C(Cl)Cc2ccccc2C)ccc1F. The van der Waals surface area contributed by atoms with E-state index in [2.05, 4.69) is 19.1 Å². The highest BCUT2D eigenvalue weighted by atomic mass is 35.5. The van der Waals surface area contributed by atoms with Gasteiger partial charge in [0.2, 0.25) is 0 Å². The lowest BCUT2D eigenvalue weighted by atomic mass is 9.99. The van der Waals surface area contributed by atoms with Crippen LogP contribution in [0, 0.1) is 19.7 Å². The first-order valence-electron chi connectivity index (χ1n) is 6.02. The zero-order valence-corrected chi connectivity index (χ0v) is 11.3. The minimum atomic E-state index is -0.182. The summed E-state index contributed by atoms with van der Waals surface area (Å²) in [4.78, 5) is 0. The average Bonchev–Trinajstić information content (AvgIpc) is 2.35. The lowest BCUT2D eigenvalue weighted by molar-refractivity contribution is 0.617. The van der Waals surface area contributed by atoms with Crippen LogP contribution in [0.1, 0.15) is 27.6 Å². The van der Waals surface area contributed by atoms with E-state index in [4.69, 9.17) is 11.6 Å². The van der Waals surface area contributed by atoms with E-state index in [0.29, 0.717) is 5.56 Å². The summed E-state index contributed by atoms with van der Waals surface area (Å²) < 4.78 is 13.2. The third-order valence-corrected chi connectivity index (χ3v) is 3.61. The summed E-state index contributed by atoms with van der Waals surface area (Å²) >= 11 is 6.41. The number of hydrogen-bond donors (Lipinski definition) is 0. The van der Waals surface area contributed by atoms with E-state index in [9.17, 15) is 4.39 Å². The molecule has 0 amide bonds. The van der Waals surface area contributed by atoms with E-state index >= 15 is 0 Å². The van der Waals surface area contributed by atoms with Crippen molar-refractivity contribution in [3.05, 3.63) is 70.5 Å². The highest BCUT2D eigenvalue weighted by Gasteiger charge is 2.11. The fourth-order valence-corrected chi connectivity index (χ4v) is 2.31. The second kappa shape index (κ2) is 5.53. The number of benzene rings is 2. The summed E-state index contributed by atoms with van der Waals surface area (Å²) in [6, 6.07) is 13.3. The van der Waals surface area contributed by atoms with Gasteiger partial charge in [-0.1, -0.05) is 36.4 Å². The zero-order valence-electron chi connectivity index (χ0n) is 10.6. The van der Waals surface area contributed by atoms with Gasteiger partial charge in [-0.15, -0.1) is 11.6 Å². The maximum Gasteiger partial charge on any atom is 0.126 e. The summed E-state index contributed by atoms with van der Waals surface area (Å²) in [6.45, 7) is 3.84. The number of aryl methyl sites for hydroxylation is 2. The minimum absolute atomic E-state index is 0.120. The summed E-state index contributed by atoms with van der Waals surface area (Å²) in [6.07, 6.45) is 0.763. The second-order valence-corrected chi connectivity index (χ2v) is 5.13. The Balaban J connectivity index is 2.19. The van der Waals surface area contributed by atoms with Crippen molar-refractivity contribution >= 4 is 11.6 Å². The van der Waals surface area contributed by atoms with Gasteiger partial charge in [0.05, 0.1) is 5.38 Å². The molecule has 0 aliphatic carbocycles. The van der Waals surface area contributed by atoms with Crippen LogP contribution in [-0.4, -0.2) is 0 Å². The summed E-state index contributed by atoms with van der Waals surface area (Å²) in [5.41, 5.74) is 4.09. The quantitative estimate of drug-likeness (QED) is 0.686. The van der Waals surface area contributed by atoms with E-state index in [1.165, 1.54) is 17.2 Å². The van der Waals surface area contributed by atoms with E-state index in [-0.39, 0.29) is 11.2 Å². The molecular formula is C16H16ClF. The molecule has 0 nitrogen and oxygen atoms in total. The summed E-state index contributed by atoms with van der Waals surface area (Å²) in [5.74, 6) is -0.182. The van der Waals surface area contributed by atoms with E-state index in [0.717, 1.165) is 12.0 Å². The van der Waals surface area contributed by atoms with Crippen molar-refractivity contribution in [3.63, 3.8) is 0 Å². The Bertz CT molecular complexity index is 549. The van der Waals surface area contributed by atoms with Crippen LogP contribution in [0.3, 0.4) is 0 Å². The van der Waals surface area contributed by atoms with Crippen LogP contribution < -0.4 is 0 Å². The molecule has 0 aliphatic heterocycles.